The Morgan fingerprint density at radius 2 is 1.52 bits per heavy atom. The Bertz CT molecular complexity index is 2590. The molecular weight excluding hydrogens is 888 g/mol. The van der Waals surface area contributed by atoms with Crippen molar-refractivity contribution in [1.29, 1.82) is 0 Å². The molecule has 368 valence electrons. The molecule has 1 saturated heterocycles. The van der Waals surface area contributed by atoms with Crippen molar-refractivity contribution in [1.82, 2.24) is 24.6 Å². The summed E-state index contributed by atoms with van der Waals surface area (Å²) in [5.74, 6) is 0.570. The van der Waals surface area contributed by atoms with E-state index in [4.69, 9.17) is 15.2 Å². The molecule has 3 heterocycles. The molecule has 0 spiro atoms. The summed E-state index contributed by atoms with van der Waals surface area (Å²) >= 11 is 0. The van der Waals surface area contributed by atoms with Crippen LogP contribution in [0, 0.1) is 34.0 Å². The average molecular weight is 952 g/mol. The Morgan fingerprint density at radius 3 is 2.19 bits per heavy atom. The monoisotopic (exact) mass is 951 g/mol. The van der Waals surface area contributed by atoms with Gasteiger partial charge in [0, 0.05) is 63.1 Å². The number of piperazine rings is 1. The highest BCUT2D eigenvalue weighted by molar-refractivity contribution is 6.01. The highest BCUT2D eigenvalue weighted by Gasteiger charge is 2.57. The van der Waals surface area contributed by atoms with Gasteiger partial charge in [-0.15, -0.1) is 0 Å². The van der Waals surface area contributed by atoms with Gasteiger partial charge in [0.25, 0.3) is 5.91 Å². The fraction of sp³-hybridized carbons (Fsp3) is 0.585. The molecule has 13 nitrogen and oxygen atoms in total. The van der Waals surface area contributed by atoms with Crippen molar-refractivity contribution < 1.29 is 41.8 Å². The molecule has 1 aliphatic heterocycles. The van der Waals surface area contributed by atoms with Crippen LogP contribution < -0.4 is 11.1 Å². The van der Waals surface area contributed by atoms with Crippen LogP contribution in [0.1, 0.15) is 142 Å². The summed E-state index contributed by atoms with van der Waals surface area (Å²) in [7, 11) is 0. The van der Waals surface area contributed by atoms with E-state index >= 15 is 0 Å². The van der Waals surface area contributed by atoms with Crippen LogP contribution in [-0.2, 0) is 22.1 Å². The Kier molecular flexibility index (Phi) is 12.0. The number of hydrogen-bond donors (Lipinski definition) is 2. The van der Waals surface area contributed by atoms with E-state index in [9.17, 15) is 32.3 Å². The first-order valence-electron chi connectivity index (χ1n) is 25.0. The van der Waals surface area contributed by atoms with Gasteiger partial charge in [0.1, 0.15) is 12.2 Å². The molecule has 16 heteroatoms. The van der Waals surface area contributed by atoms with E-state index in [-0.39, 0.29) is 65.0 Å². The van der Waals surface area contributed by atoms with E-state index < -0.39 is 40.6 Å². The number of nitrogens with two attached hydrogens (primary N) is 1. The normalized spacial score (nSPS) is 30.7. The topological polar surface area (TPSA) is 162 Å². The van der Waals surface area contributed by atoms with Gasteiger partial charge in [-0.3, -0.25) is 14.6 Å². The van der Waals surface area contributed by atoms with Crippen molar-refractivity contribution in [2.45, 2.75) is 136 Å². The van der Waals surface area contributed by atoms with Crippen LogP contribution in [0.3, 0.4) is 0 Å². The molecular formula is C53H64F3N7O6. The molecule has 3 saturated carbocycles. The molecule has 4 fully saturated rings. The number of halogens is 3. The highest BCUT2D eigenvalue weighted by atomic mass is 19.4. The zero-order valence-corrected chi connectivity index (χ0v) is 40.1. The molecule has 3 N–H and O–H groups in total. The summed E-state index contributed by atoms with van der Waals surface area (Å²) in [5.41, 5.74) is 8.95. The van der Waals surface area contributed by atoms with Gasteiger partial charge in [-0.05, 0) is 140 Å². The lowest BCUT2D eigenvalue weighted by atomic mass is 9.47. The molecule has 0 bridgehead atoms. The maximum Gasteiger partial charge on any atom is 0.435 e. The number of carbonyl (C=O) groups excluding carboxylic acids is 4. The van der Waals surface area contributed by atoms with E-state index in [1.54, 1.807) is 15.9 Å². The second-order valence-electron chi connectivity index (χ2n) is 22.2. The lowest BCUT2D eigenvalue weighted by Crippen LogP contribution is -2.52. The van der Waals surface area contributed by atoms with Crippen molar-refractivity contribution in [3.8, 4) is 5.69 Å². The maximum atomic E-state index is 14.2. The second-order valence-corrected chi connectivity index (χ2v) is 22.2. The van der Waals surface area contributed by atoms with Crippen LogP contribution in [0.4, 0.5) is 28.4 Å². The number of anilines is 1. The highest BCUT2D eigenvalue weighted by Crippen LogP contribution is 2.66. The maximum absolute atomic E-state index is 14.2. The summed E-state index contributed by atoms with van der Waals surface area (Å²) in [6, 6.07) is 8.58. The number of primary amides is 1. The number of benzene rings is 1. The summed E-state index contributed by atoms with van der Waals surface area (Å²) in [6.45, 7) is 9.98. The van der Waals surface area contributed by atoms with Gasteiger partial charge in [0.05, 0.1) is 22.5 Å². The molecule has 0 radical (unpaired) electrons. The van der Waals surface area contributed by atoms with Crippen LogP contribution >= 0.6 is 0 Å². The van der Waals surface area contributed by atoms with Gasteiger partial charge < -0.3 is 30.3 Å². The first kappa shape index (κ1) is 47.0. The van der Waals surface area contributed by atoms with Gasteiger partial charge in [0.15, 0.2) is 11.5 Å². The fourth-order valence-electron chi connectivity index (χ4n) is 13.7. The quantitative estimate of drug-likeness (QED) is 0.220. The number of rotatable bonds is 7. The summed E-state index contributed by atoms with van der Waals surface area (Å²) < 4.78 is 55.8. The molecule has 7 aliphatic rings. The van der Waals surface area contributed by atoms with Gasteiger partial charge in [-0.1, -0.05) is 51.5 Å². The zero-order chi connectivity index (χ0) is 48.6. The summed E-state index contributed by atoms with van der Waals surface area (Å²) in [5, 5.41) is 7.28. The molecule has 0 unspecified atom stereocenters. The van der Waals surface area contributed by atoms with E-state index in [1.807, 2.05) is 32.3 Å². The van der Waals surface area contributed by atoms with Crippen molar-refractivity contribution >= 4 is 35.1 Å². The van der Waals surface area contributed by atoms with Crippen molar-refractivity contribution in [2.24, 2.45) is 39.7 Å². The number of ketones is 1. The minimum absolute atomic E-state index is 0.0254. The number of alkyl halides is 3. The van der Waals surface area contributed by atoms with E-state index in [0.29, 0.717) is 75.3 Å². The predicted molar refractivity (Wildman–Crippen MR) is 252 cm³/mol. The van der Waals surface area contributed by atoms with Crippen LogP contribution in [0.15, 0.2) is 60.5 Å². The van der Waals surface area contributed by atoms with Gasteiger partial charge in [0.2, 0.25) is 0 Å². The number of ether oxygens (including phenoxy) is 2. The second kappa shape index (κ2) is 17.6. The van der Waals surface area contributed by atoms with Crippen LogP contribution in [0.5, 0.6) is 0 Å². The lowest BCUT2D eigenvalue weighted by molar-refractivity contribution is -0.141. The Morgan fingerprint density at radius 1 is 0.826 bits per heavy atom. The number of nitrogens with zero attached hydrogens (tertiary/aromatic N) is 5. The number of aromatic nitrogens is 3. The van der Waals surface area contributed by atoms with Gasteiger partial charge in [-0.2, -0.15) is 18.3 Å². The first-order valence-corrected chi connectivity index (χ1v) is 25.0. The number of carbonyl (C=O) groups is 4. The molecule has 69 heavy (non-hydrogen) atoms. The minimum Gasteiger partial charge on any atom is -0.446 e. The molecule has 3 amide bonds. The standard InChI is InChI=1S/C53H64F3N7O6/c1-50(2)28-43-45(44(64)29-50)46(53(54,55)56)60-63(43)34-10-14-38(47(57)65)42(27-34)59-33-8-11-35(12-9-33)68-48(66)61-22-24-62(25-23-61)49(67)69-36-17-19-51(3)32(26-36)7-13-37-40-16-15-39(31-6-5-21-58-30-31)52(40,4)20-18-41(37)51/h5-7,10,14-15,21,27,30,33,35-37,40-41,59H,8-9,11-13,16-20,22-26,28-29H2,1-4H3,(H2,57,65)/t33?,35?,36-,37-,40-,41-,51-,52+/m0/s1. The first-order chi connectivity index (χ1) is 32.8. The van der Waals surface area contributed by atoms with Gasteiger partial charge >= 0.3 is 18.4 Å². The molecule has 1 aromatic carbocycles. The Balaban J connectivity index is 0.697. The number of fused-ring (bicyclic) bond motifs is 6. The molecule has 2 aromatic heterocycles. The number of nitrogens with one attached hydrogen (secondary N) is 1. The summed E-state index contributed by atoms with van der Waals surface area (Å²) in [4.78, 5) is 60.2. The molecule has 10 rings (SSSR count). The van der Waals surface area contributed by atoms with E-state index in [2.05, 4.69) is 47.5 Å². The number of allylic oxidation sites excluding steroid dienone is 3. The molecule has 6 atom stereocenters. The smallest absolute Gasteiger partial charge is 0.435 e. The Hall–Kier alpha value is -5.67. The molecule has 3 aromatic rings. The third-order valence-electron chi connectivity index (χ3n) is 17.3. The third-order valence-corrected chi connectivity index (χ3v) is 17.3. The largest absolute Gasteiger partial charge is 0.446 e. The summed E-state index contributed by atoms with van der Waals surface area (Å²) in [6.07, 6.45) is 12.4. The zero-order valence-electron chi connectivity index (χ0n) is 40.1. The van der Waals surface area contributed by atoms with Crippen LogP contribution in [-0.4, -0.2) is 92.9 Å². The minimum atomic E-state index is -4.83. The number of pyridine rings is 1. The Labute approximate surface area is 401 Å². The number of Topliss-reactive ketones (excluding diaryl/α,β-unsaturated/α-hetero) is 1. The third kappa shape index (κ3) is 8.72. The molecule has 6 aliphatic carbocycles. The average Bonchev–Trinajstić information content (AvgIpc) is 3.88. The van der Waals surface area contributed by atoms with E-state index in [0.717, 1.165) is 36.8 Å². The predicted octanol–water partition coefficient (Wildman–Crippen LogP) is 10.2. The fourth-order valence-corrected chi connectivity index (χ4v) is 13.7. The SMILES string of the molecule is CC1(C)CC(=O)c2c(C(F)(F)F)nn(-c3ccc(C(N)=O)c(NC4CCC(OC(=O)N5CCN(C(=O)O[C@H]6CC[C@@]7(C)C(=CC[C@@H]8[C@@H]7CC[C@]7(C)C(c9cccnc9)=CC[C@@H]87)C6)CC5)CC4)c3)c2C1. The van der Waals surface area contributed by atoms with Crippen LogP contribution in [0.2, 0.25) is 0 Å². The van der Waals surface area contributed by atoms with Gasteiger partial charge in [-0.25, -0.2) is 14.3 Å². The van der Waals surface area contributed by atoms with Crippen LogP contribution in [0.25, 0.3) is 11.3 Å². The number of amides is 3. The lowest BCUT2D eigenvalue weighted by Gasteiger charge is -2.58. The van der Waals surface area contributed by atoms with E-state index in [1.165, 1.54) is 41.7 Å². The number of hydrogen-bond acceptors (Lipinski definition) is 9. The van der Waals surface area contributed by atoms with Crippen molar-refractivity contribution in [3.63, 3.8) is 0 Å². The van der Waals surface area contributed by atoms with Crippen molar-refractivity contribution in [2.75, 3.05) is 31.5 Å². The van der Waals surface area contributed by atoms with Crippen molar-refractivity contribution in [3.05, 3.63) is 88.5 Å².